The summed E-state index contributed by atoms with van der Waals surface area (Å²) >= 11 is 0.995. The molecule has 3 heterocycles. The van der Waals surface area contributed by atoms with Crippen molar-refractivity contribution in [2.24, 2.45) is 5.41 Å². The minimum Gasteiger partial charge on any atom is -0.504 e. The van der Waals surface area contributed by atoms with Crippen molar-refractivity contribution < 1.29 is 18.8 Å². The van der Waals surface area contributed by atoms with Crippen molar-refractivity contribution in [2.75, 3.05) is 22.6 Å². The Labute approximate surface area is 204 Å². The monoisotopic (exact) mass is 498 g/mol. The maximum Gasteiger partial charge on any atom is 0.273 e. The molecule has 0 saturated carbocycles. The first-order valence-corrected chi connectivity index (χ1v) is 11.7. The molecule has 0 spiro atoms. The van der Waals surface area contributed by atoms with Crippen molar-refractivity contribution in [3.63, 3.8) is 0 Å². The maximum absolute atomic E-state index is 12.9. The second-order valence-electron chi connectivity index (χ2n) is 9.49. The summed E-state index contributed by atoms with van der Waals surface area (Å²) in [7, 11) is 1.51. The van der Waals surface area contributed by atoms with Crippen LogP contribution in [0.3, 0.4) is 0 Å². The Morgan fingerprint density at radius 2 is 1.86 bits per heavy atom. The van der Waals surface area contributed by atoms with Crippen LogP contribution in [0.15, 0.2) is 42.3 Å². The van der Waals surface area contributed by atoms with Gasteiger partial charge in [0.15, 0.2) is 11.6 Å². The zero-order valence-corrected chi connectivity index (χ0v) is 21.0. The van der Waals surface area contributed by atoms with E-state index in [2.05, 4.69) is 15.8 Å². The summed E-state index contributed by atoms with van der Waals surface area (Å²) in [5, 5.41) is 22.0. The van der Waals surface area contributed by atoms with Crippen LogP contribution in [0.1, 0.15) is 53.6 Å². The number of nitrogens with zero attached hydrogens (tertiary/aromatic N) is 2. The average Bonchev–Trinajstić information content (AvgIpc) is 3.51. The Morgan fingerprint density at radius 3 is 2.43 bits per heavy atom. The number of rotatable bonds is 7. The van der Waals surface area contributed by atoms with E-state index >= 15 is 0 Å². The lowest BCUT2D eigenvalue weighted by molar-refractivity contribution is 0.0993. The van der Waals surface area contributed by atoms with Crippen LogP contribution in [0.2, 0.25) is 0 Å². The van der Waals surface area contributed by atoms with Gasteiger partial charge in [0, 0.05) is 18.5 Å². The fourth-order valence-corrected chi connectivity index (χ4v) is 4.47. The molecule has 4 rings (SSSR count). The smallest absolute Gasteiger partial charge is 0.273 e. The van der Waals surface area contributed by atoms with Gasteiger partial charge in [0.2, 0.25) is 0 Å². The Morgan fingerprint density at radius 1 is 1.17 bits per heavy atom. The summed E-state index contributed by atoms with van der Waals surface area (Å²) in [5.41, 5.74) is -0.556. The zero-order valence-electron chi connectivity index (χ0n) is 20.2. The van der Waals surface area contributed by atoms with E-state index in [1.807, 2.05) is 33.8 Å². The fraction of sp³-hybridized carbons (Fsp3) is 0.333. The molecule has 1 aromatic carbocycles. The molecule has 1 atom stereocenters. The molecule has 4 aromatic rings. The zero-order chi connectivity index (χ0) is 25.7. The number of hydrogen-bond donors (Lipinski definition) is 3. The molecule has 184 valence electrons. The van der Waals surface area contributed by atoms with Crippen molar-refractivity contribution in [2.45, 2.75) is 40.7 Å². The molecule has 0 aliphatic heterocycles. The molecule has 0 radical (unpaired) electrons. The van der Waals surface area contributed by atoms with Gasteiger partial charge in [-0.3, -0.25) is 19.3 Å². The number of anilines is 4. The van der Waals surface area contributed by atoms with Crippen molar-refractivity contribution in [1.82, 2.24) is 5.16 Å². The van der Waals surface area contributed by atoms with Crippen LogP contribution in [0.5, 0.6) is 5.75 Å². The molecule has 3 N–H and O–H groups in total. The van der Waals surface area contributed by atoms with E-state index in [1.54, 1.807) is 19.3 Å². The van der Waals surface area contributed by atoms with Gasteiger partial charge < -0.3 is 24.7 Å². The van der Waals surface area contributed by atoms with Crippen molar-refractivity contribution in [1.29, 1.82) is 0 Å². The number of thiophene rings is 1. The van der Waals surface area contributed by atoms with Crippen molar-refractivity contribution in [3.05, 3.63) is 66.2 Å². The number of aryl methyl sites for hydroxylation is 2. The second kappa shape index (κ2) is 8.73. The highest BCUT2D eigenvalue weighted by Gasteiger charge is 2.33. The summed E-state index contributed by atoms with van der Waals surface area (Å²) in [6.45, 7) is 9.55. The summed E-state index contributed by atoms with van der Waals surface area (Å²) in [5.74, 6) is 0.630. The molecule has 0 aliphatic rings. The number of aromatic hydroxyl groups is 1. The lowest BCUT2D eigenvalue weighted by Crippen LogP contribution is -2.39. The predicted molar refractivity (Wildman–Crippen MR) is 134 cm³/mol. The lowest BCUT2D eigenvalue weighted by atomic mass is 9.84. The summed E-state index contributed by atoms with van der Waals surface area (Å²) < 4.78 is 10.7. The van der Waals surface area contributed by atoms with Crippen LogP contribution in [0, 0.1) is 19.3 Å². The molecular formula is C24H26N4O6S. The van der Waals surface area contributed by atoms with Crippen molar-refractivity contribution >= 4 is 40.1 Å². The third-order valence-electron chi connectivity index (χ3n) is 5.58. The molecule has 0 saturated heterocycles. The molecular weight excluding hydrogens is 472 g/mol. The number of carbonyl (C=O) groups excluding carboxylic acids is 1. The van der Waals surface area contributed by atoms with Gasteiger partial charge in [-0.25, -0.2) is 0 Å². The van der Waals surface area contributed by atoms with E-state index in [0.29, 0.717) is 17.3 Å². The lowest BCUT2D eigenvalue weighted by Gasteiger charge is -2.31. The summed E-state index contributed by atoms with van der Waals surface area (Å²) in [4.78, 5) is 39.0. The maximum atomic E-state index is 12.9. The standard InChI is InChI=1S/C24H26N4O6S/c1-11-7-14(33-9-11)22(24(3,4)5)26-17-16(19(30)20(17)31)25-13-10-35-21(18(13)29)23(32)28(6)15-8-12(2)34-27-15/h7-10,22,25-26,29H,1-6H3/t22-/m0/s1. The van der Waals surface area contributed by atoms with E-state index in [-0.39, 0.29) is 33.1 Å². The largest absolute Gasteiger partial charge is 0.504 e. The summed E-state index contributed by atoms with van der Waals surface area (Å²) in [6.07, 6.45) is 1.62. The number of furan rings is 1. The Balaban J connectivity index is 1.59. The summed E-state index contributed by atoms with van der Waals surface area (Å²) in [6, 6.07) is 3.07. The number of hydrogen-bond acceptors (Lipinski definition) is 10. The quantitative estimate of drug-likeness (QED) is 0.315. The molecule has 3 aromatic heterocycles. The van der Waals surface area contributed by atoms with Gasteiger partial charge in [-0.1, -0.05) is 25.9 Å². The highest BCUT2D eigenvalue weighted by molar-refractivity contribution is 7.13. The van der Waals surface area contributed by atoms with Crippen LogP contribution >= 0.6 is 11.3 Å². The average molecular weight is 499 g/mol. The van der Waals surface area contributed by atoms with Crippen LogP contribution in [-0.2, 0) is 0 Å². The van der Waals surface area contributed by atoms with Gasteiger partial charge >= 0.3 is 0 Å². The Kier molecular flexibility index (Phi) is 6.05. The first-order chi connectivity index (χ1) is 16.4. The van der Waals surface area contributed by atoms with Gasteiger partial charge in [-0.05, 0) is 30.9 Å². The molecule has 0 bridgehead atoms. The third kappa shape index (κ3) is 4.46. The molecule has 11 heteroatoms. The van der Waals surface area contributed by atoms with Gasteiger partial charge in [-0.15, -0.1) is 11.3 Å². The van der Waals surface area contributed by atoms with Crippen LogP contribution in [-0.4, -0.2) is 23.2 Å². The molecule has 1 amide bonds. The van der Waals surface area contributed by atoms with Crippen molar-refractivity contribution in [3.8, 4) is 5.75 Å². The van der Waals surface area contributed by atoms with Crippen LogP contribution in [0.4, 0.5) is 22.9 Å². The van der Waals surface area contributed by atoms with Gasteiger partial charge in [0.1, 0.15) is 27.8 Å². The molecule has 0 aliphatic carbocycles. The predicted octanol–water partition coefficient (Wildman–Crippen LogP) is 4.47. The van der Waals surface area contributed by atoms with E-state index in [0.717, 1.165) is 16.9 Å². The van der Waals surface area contributed by atoms with E-state index < -0.39 is 22.8 Å². The Bertz CT molecular complexity index is 1460. The SMILES string of the molecule is Cc1coc([C@H](Nc2c(Nc3csc(C(=O)N(C)c4cc(C)on4)c3O)c(=O)c2=O)C(C)(C)C)c1. The van der Waals surface area contributed by atoms with Gasteiger partial charge in [0.05, 0.1) is 18.0 Å². The Hall–Kier alpha value is -3.86. The first-order valence-electron chi connectivity index (χ1n) is 10.8. The molecule has 35 heavy (non-hydrogen) atoms. The number of carbonyl (C=O) groups is 1. The van der Waals surface area contributed by atoms with Crippen LogP contribution in [0.25, 0.3) is 0 Å². The normalized spacial score (nSPS) is 12.6. The van der Waals surface area contributed by atoms with Gasteiger partial charge in [-0.2, -0.15) is 0 Å². The van der Waals surface area contributed by atoms with E-state index in [1.165, 1.54) is 17.3 Å². The highest BCUT2D eigenvalue weighted by Crippen LogP contribution is 2.40. The minimum atomic E-state index is -0.718. The number of amides is 1. The number of aromatic nitrogens is 1. The van der Waals surface area contributed by atoms with Gasteiger partial charge in [0.25, 0.3) is 16.8 Å². The molecule has 0 fully saturated rings. The molecule has 0 unspecified atom stereocenters. The van der Waals surface area contributed by atoms with Crippen LogP contribution < -0.4 is 26.4 Å². The fourth-order valence-electron chi connectivity index (χ4n) is 3.61. The van der Waals surface area contributed by atoms with E-state index in [9.17, 15) is 19.5 Å². The third-order valence-corrected chi connectivity index (χ3v) is 6.54. The first kappa shape index (κ1) is 24.3. The highest BCUT2D eigenvalue weighted by atomic mass is 32.1. The topological polar surface area (TPSA) is 138 Å². The second-order valence-corrected chi connectivity index (χ2v) is 10.4. The van der Waals surface area contributed by atoms with E-state index in [4.69, 9.17) is 8.94 Å². The minimum absolute atomic E-state index is 0.0140. The molecule has 10 nitrogen and oxygen atoms in total. The number of nitrogens with one attached hydrogen (secondary N) is 2.